The Labute approximate surface area is 93.8 Å². The van der Waals surface area contributed by atoms with Crippen molar-refractivity contribution in [1.82, 2.24) is 0 Å². The van der Waals surface area contributed by atoms with E-state index in [1.165, 1.54) is 0 Å². The van der Waals surface area contributed by atoms with Gasteiger partial charge in [0.15, 0.2) is 5.66 Å². The maximum Gasteiger partial charge on any atom is 0.154 e. The zero-order valence-corrected chi connectivity index (χ0v) is 8.80. The summed E-state index contributed by atoms with van der Waals surface area (Å²) in [6.45, 7) is 0. The third-order valence-corrected chi connectivity index (χ3v) is 2.85. The molecule has 0 aromatic heterocycles. The number of para-hydroxylation sites is 1. The van der Waals surface area contributed by atoms with Crippen LogP contribution in [0.3, 0.4) is 0 Å². The Morgan fingerprint density at radius 2 is 1.56 bits per heavy atom. The minimum atomic E-state index is -0.703. The maximum absolute atomic E-state index is 6.31. The molecule has 0 bridgehead atoms. The number of rotatable bonds is 1. The highest BCUT2D eigenvalue weighted by molar-refractivity contribution is 5.47. The lowest BCUT2D eigenvalue weighted by molar-refractivity contribution is 0.629. The molecule has 1 unspecified atom stereocenters. The number of nitrogens with two attached hydrogens (primary N) is 1. The summed E-state index contributed by atoms with van der Waals surface area (Å²) in [5.74, 6) is 0. The van der Waals surface area contributed by atoms with Crippen LogP contribution in [0.4, 0.5) is 0 Å². The Morgan fingerprint density at radius 1 is 0.875 bits per heavy atom. The normalized spacial score (nSPS) is 22.1. The molecule has 1 aliphatic heterocycles. The van der Waals surface area contributed by atoms with Gasteiger partial charge in [-0.05, 0) is 22.9 Å². The Morgan fingerprint density at radius 3 is 2.31 bits per heavy atom. The monoisotopic (exact) mass is 208 g/mol. The van der Waals surface area contributed by atoms with Crippen LogP contribution >= 0.6 is 0 Å². The van der Waals surface area contributed by atoms with E-state index in [4.69, 9.17) is 5.73 Å². The van der Waals surface area contributed by atoms with Crippen LogP contribution in [0.15, 0.2) is 59.6 Å². The molecular formula is C14H12N2. The van der Waals surface area contributed by atoms with Crippen LogP contribution in [0.1, 0.15) is 5.56 Å². The van der Waals surface area contributed by atoms with Crippen molar-refractivity contribution in [2.24, 2.45) is 10.7 Å². The maximum atomic E-state index is 6.31. The highest BCUT2D eigenvalue weighted by Gasteiger charge is 2.25. The second-order valence-electron chi connectivity index (χ2n) is 4.01. The Kier molecular flexibility index (Phi) is 1.91. The highest BCUT2D eigenvalue weighted by atomic mass is 15.0. The summed E-state index contributed by atoms with van der Waals surface area (Å²) in [5.41, 5.74) is 6.62. The fourth-order valence-corrected chi connectivity index (χ4v) is 2.03. The first kappa shape index (κ1) is 9.31. The van der Waals surface area contributed by atoms with E-state index in [1.807, 2.05) is 60.7 Å². The molecule has 0 saturated heterocycles. The first-order valence-corrected chi connectivity index (χ1v) is 5.30. The van der Waals surface area contributed by atoms with Gasteiger partial charge in [0, 0.05) is 0 Å². The van der Waals surface area contributed by atoms with Gasteiger partial charge in [0.25, 0.3) is 0 Å². The molecule has 0 fully saturated rings. The van der Waals surface area contributed by atoms with Gasteiger partial charge in [-0.1, -0.05) is 48.5 Å². The van der Waals surface area contributed by atoms with E-state index in [0.29, 0.717) is 0 Å². The number of benzene rings is 2. The predicted molar refractivity (Wildman–Crippen MR) is 64.0 cm³/mol. The molecule has 1 aliphatic rings. The minimum Gasteiger partial charge on any atom is -0.300 e. The molecule has 1 heterocycles. The SMILES string of the molecule is NC1(c2ccccc2)C=c2ccccc2=N1. The molecule has 78 valence electrons. The molecule has 2 aromatic rings. The molecule has 1 atom stereocenters. The molecule has 0 aliphatic carbocycles. The summed E-state index contributed by atoms with van der Waals surface area (Å²) in [4.78, 5) is 4.58. The van der Waals surface area contributed by atoms with E-state index in [0.717, 1.165) is 16.1 Å². The Balaban J connectivity index is 2.22. The van der Waals surface area contributed by atoms with Crippen LogP contribution in [0.2, 0.25) is 0 Å². The summed E-state index contributed by atoms with van der Waals surface area (Å²) < 4.78 is 0. The van der Waals surface area contributed by atoms with Gasteiger partial charge in [0.2, 0.25) is 0 Å². The minimum absolute atomic E-state index is 0.703. The van der Waals surface area contributed by atoms with Gasteiger partial charge in [-0.2, -0.15) is 0 Å². The molecule has 0 radical (unpaired) electrons. The molecule has 2 N–H and O–H groups in total. The van der Waals surface area contributed by atoms with Gasteiger partial charge < -0.3 is 0 Å². The van der Waals surface area contributed by atoms with E-state index in [9.17, 15) is 0 Å². The predicted octanol–water partition coefficient (Wildman–Crippen LogP) is 0.912. The molecule has 0 spiro atoms. The van der Waals surface area contributed by atoms with Crippen LogP contribution < -0.4 is 16.3 Å². The molecule has 3 rings (SSSR count). The molecule has 0 saturated carbocycles. The Bertz CT molecular complexity index is 594. The van der Waals surface area contributed by atoms with Crippen molar-refractivity contribution >= 4 is 6.08 Å². The average molecular weight is 208 g/mol. The second kappa shape index (κ2) is 3.29. The fraction of sp³-hybridized carbons (Fsp3) is 0.0714. The van der Waals surface area contributed by atoms with Crippen LogP contribution in [0, 0.1) is 0 Å². The summed E-state index contributed by atoms with van der Waals surface area (Å²) in [6, 6.07) is 18.0. The van der Waals surface area contributed by atoms with Crippen molar-refractivity contribution in [3.63, 3.8) is 0 Å². The van der Waals surface area contributed by atoms with Gasteiger partial charge in [-0.25, -0.2) is 0 Å². The van der Waals surface area contributed by atoms with E-state index in [1.54, 1.807) is 0 Å². The van der Waals surface area contributed by atoms with Gasteiger partial charge in [-0.15, -0.1) is 0 Å². The van der Waals surface area contributed by atoms with Crippen molar-refractivity contribution in [3.05, 3.63) is 70.7 Å². The van der Waals surface area contributed by atoms with E-state index < -0.39 is 5.66 Å². The van der Waals surface area contributed by atoms with Crippen molar-refractivity contribution in [2.75, 3.05) is 0 Å². The Hall–Kier alpha value is -1.93. The standard InChI is InChI=1S/C14H12N2/c15-14(12-7-2-1-3-8-12)10-11-6-4-5-9-13(11)16-14/h1-10H,15H2. The molecule has 2 aromatic carbocycles. The van der Waals surface area contributed by atoms with E-state index in [-0.39, 0.29) is 0 Å². The summed E-state index contributed by atoms with van der Waals surface area (Å²) >= 11 is 0. The summed E-state index contributed by atoms with van der Waals surface area (Å²) in [6.07, 6.45) is 2.01. The summed E-state index contributed by atoms with van der Waals surface area (Å²) in [7, 11) is 0. The van der Waals surface area contributed by atoms with Crippen LogP contribution in [-0.4, -0.2) is 0 Å². The topological polar surface area (TPSA) is 38.4 Å². The zero-order chi connectivity index (χ0) is 11.0. The summed E-state index contributed by atoms with van der Waals surface area (Å²) in [5, 5.41) is 2.07. The highest BCUT2D eigenvalue weighted by Crippen LogP contribution is 2.21. The third kappa shape index (κ3) is 1.35. The lowest BCUT2D eigenvalue weighted by atomic mass is 10.0. The second-order valence-corrected chi connectivity index (χ2v) is 4.01. The molecule has 0 amide bonds. The van der Waals surface area contributed by atoms with Crippen molar-refractivity contribution in [2.45, 2.75) is 5.66 Å². The number of hydrogen-bond donors (Lipinski definition) is 1. The van der Waals surface area contributed by atoms with Crippen LogP contribution in [0.25, 0.3) is 6.08 Å². The number of nitrogens with zero attached hydrogens (tertiary/aromatic N) is 1. The first-order chi connectivity index (χ1) is 7.78. The van der Waals surface area contributed by atoms with Crippen molar-refractivity contribution < 1.29 is 0 Å². The van der Waals surface area contributed by atoms with Gasteiger partial charge in [-0.3, -0.25) is 10.7 Å². The zero-order valence-electron chi connectivity index (χ0n) is 8.80. The van der Waals surface area contributed by atoms with Crippen LogP contribution in [0.5, 0.6) is 0 Å². The lowest BCUT2D eigenvalue weighted by Crippen LogP contribution is -2.30. The van der Waals surface area contributed by atoms with E-state index >= 15 is 0 Å². The number of fused-ring (bicyclic) bond motifs is 1. The van der Waals surface area contributed by atoms with Crippen molar-refractivity contribution in [3.8, 4) is 0 Å². The molecular weight excluding hydrogens is 196 g/mol. The van der Waals surface area contributed by atoms with Crippen LogP contribution in [-0.2, 0) is 5.66 Å². The first-order valence-electron chi connectivity index (χ1n) is 5.30. The molecule has 2 nitrogen and oxygen atoms in total. The number of hydrogen-bond acceptors (Lipinski definition) is 2. The van der Waals surface area contributed by atoms with Gasteiger partial charge in [0.1, 0.15) is 0 Å². The van der Waals surface area contributed by atoms with Gasteiger partial charge >= 0.3 is 0 Å². The van der Waals surface area contributed by atoms with Crippen molar-refractivity contribution in [1.29, 1.82) is 0 Å². The third-order valence-electron chi connectivity index (χ3n) is 2.85. The largest absolute Gasteiger partial charge is 0.300 e. The fourth-order valence-electron chi connectivity index (χ4n) is 2.03. The molecule has 16 heavy (non-hydrogen) atoms. The molecule has 2 heteroatoms. The lowest BCUT2D eigenvalue weighted by Gasteiger charge is -2.18. The quantitative estimate of drug-likeness (QED) is 0.743. The van der Waals surface area contributed by atoms with E-state index in [2.05, 4.69) is 4.99 Å². The smallest absolute Gasteiger partial charge is 0.154 e. The average Bonchev–Trinajstić information content (AvgIpc) is 2.68. The van der Waals surface area contributed by atoms with Gasteiger partial charge in [0.05, 0.1) is 5.36 Å².